The fourth-order valence-electron chi connectivity index (χ4n) is 2.79. The van der Waals surface area contributed by atoms with Gasteiger partial charge >= 0.3 is 6.03 Å². The minimum Gasteiger partial charge on any atom is -0.497 e. The van der Waals surface area contributed by atoms with Crippen molar-refractivity contribution >= 4 is 23.9 Å². The van der Waals surface area contributed by atoms with Crippen LogP contribution in [-0.4, -0.2) is 62.1 Å². The summed E-state index contributed by atoms with van der Waals surface area (Å²) in [6, 6.07) is 13.5. The molecule has 30 heavy (non-hydrogen) atoms. The summed E-state index contributed by atoms with van der Waals surface area (Å²) in [6.07, 6.45) is 1.46. The second kappa shape index (κ2) is 9.13. The molecule has 2 aromatic rings. The minimum atomic E-state index is -0.650. The lowest BCUT2D eigenvalue weighted by atomic mass is 10.1. The van der Waals surface area contributed by atoms with Crippen LogP contribution in [0.1, 0.15) is 5.56 Å². The number of carbonyl (C=O) groups is 3. The number of methoxy groups -OCH3 is 1. The van der Waals surface area contributed by atoms with Crippen LogP contribution in [0.15, 0.2) is 54.1 Å². The molecular formula is C22H22N2O6. The number of ether oxygens (including phenoxy) is 3. The third kappa shape index (κ3) is 4.60. The molecule has 156 valence electrons. The highest BCUT2D eigenvalue weighted by molar-refractivity contribution is 6.30. The van der Waals surface area contributed by atoms with Crippen molar-refractivity contribution in [1.29, 1.82) is 0 Å². The molecule has 0 aliphatic carbocycles. The van der Waals surface area contributed by atoms with Crippen molar-refractivity contribution in [3.8, 4) is 17.2 Å². The summed E-state index contributed by atoms with van der Waals surface area (Å²) < 4.78 is 16.3. The Kier molecular flexibility index (Phi) is 6.36. The number of likely N-dealkylation sites (N-methyl/N-ethyl adjacent to an activating group) is 2. The molecule has 1 aliphatic rings. The van der Waals surface area contributed by atoms with Gasteiger partial charge in [-0.3, -0.25) is 19.4 Å². The summed E-state index contributed by atoms with van der Waals surface area (Å²) in [5, 5.41) is 0. The fraction of sp³-hybridized carbons (Fsp3) is 0.227. The molecule has 0 N–H and O–H groups in total. The van der Waals surface area contributed by atoms with Crippen LogP contribution in [0, 0.1) is 0 Å². The standard InChI is InChI=1S/C22H22N2O6/c1-23-20(25)19(21(26)24(2)22(23)27)14-15-4-6-17(7-5-15)29-12-13-30-18-10-8-16(28-3)9-11-18/h4-11,14H,12-13H2,1-3H3. The van der Waals surface area contributed by atoms with Crippen molar-refractivity contribution in [2.24, 2.45) is 0 Å². The highest BCUT2D eigenvalue weighted by atomic mass is 16.5. The van der Waals surface area contributed by atoms with Crippen LogP contribution in [-0.2, 0) is 9.59 Å². The fourth-order valence-corrected chi connectivity index (χ4v) is 2.79. The van der Waals surface area contributed by atoms with E-state index in [1.54, 1.807) is 31.4 Å². The van der Waals surface area contributed by atoms with Gasteiger partial charge in [0, 0.05) is 14.1 Å². The van der Waals surface area contributed by atoms with Gasteiger partial charge in [0.15, 0.2) is 0 Å². The van der Waals surface area contributed by atoms with Crippen LogP contribution in [0.25, 0.3) is 6.08 Å². The van der Waals surface area contributed by atoms with E-state index in [0.29, 0.717) is 24.5 Å². The molecule has 3 rings (SSSR count). The predicted molar refractivity (Wildman–Crippen MR) is 109 cm³/mol. The minimum absolute atomic E-state index is 0.0684. The number of rotatable bonds is 7. The van der Waals surface area contributed by atoms with E-state index in [2.05, 4.69) is 0 Å². The summed E-state index contributed by atoms with van der Waals surface area (Å²) in [6.45, 7) is 0.717. The zero-order valence-corrected chi connectivity index (χ0v) is 17.0. The van der Waals surface area contributed by atoms with E-state index in [1.165, 1.54) is 20.2 Å². The Bertz CT molecular complexity index is 940. The second-order valence-electron chi connectivity index (χ2n) is 6.51. The number of imide groups is 2. The molecule has 0 radical (unpaired) electrons. The number of hydrogen-bond acceptors (Lipinski definition) is 6. The van der Waals surface area contributed by atoms with Gasteiger partial charge in [-0.15, -0.1) is 0 Å². The van der Waals surface area contributed by atoms with Gasteiger partial charge in [0.05, 0.1) is 7.11 Å². The summed E-state index contributed by atoms with van der Waals surface area (Å²) in [5.41, 5.74) is 0.575. The molecule has 0 spiro atoms. The van der Waals surface area contributed by atoms with Gasteiger partial charge in [0.2, 0.25) is 0 Å². The molecule has 1 fully saturated rings. The maximum atomic E-state index is 12.2. The SMILES string of the molecule is COc1ccc(OCCOc2ccc(C=C3C(=O)N(C)C(=O)N(C)C3=O)cc2)cc1. The quantitative estimate of drug-likeness (QED) is 0.396. The maximum Gasteiger partial charge on any atom is 0.333 e. The molecule has 8 heteroatoms. The van der Waals surface area contributed by atoms with E-state index >= 15 is 0 Å². The molecule has 0 saturated carbocycles. The van der Waals surface area contributed by atoms with Crippen LogP contribution in [0.2, 0.25) is 0 Å². The van der Waals surface area contributed by atoms with Gasteiger partial charge in [-0.25, -0.2) is 4.79 Å². The summed E-state index contributed by atoms with van der Waals surface area (Å²) in [7, 11) is 4.28. The Morgan fingerprint density at radius 2 is 1.17 bits per heavy atom. The normalized spacial score (nSPS) is 14.1. The lowest BCUT2D eigenvalue weighted by Gasteiger charge is -2.28. The largest absolute Gasteiger partial charge is 0.497 e. The number of benzene rings is 2. The number of carbonyl (C=O) groups excluding carboxylic acids is 3. The summed E-state index contributed by atoms with van der Waals surface area (Å²) in [4.78, 5) is 38.1. The van der Waals surface area contributed by atoms with E-state index in [1.807, 2.05) is 24.3 Å². The molecule has 0 bridgehead atoms. The van der Waals surface area contributed by atoms with E-state index in [4.69, 9.17) is 14.2 Å². The molecule has 4 amide bonds. The summed E-state index contributed by atoms with van der Waals surface area (Å²) in [5.74, 6) is 0.853. The van der Waals surface area contributed by atoms with Gasteiger partial charge in [-0.2, -0.15) is 0 Å². The third-order valence-corrected chi connectivity index (χ3v) is 4.52. The van der Waals surface area contributed by atoms with Gasteiger partial charge in [-0.1, -0.05) is 12.1 Å². The van der Waals surface area contributed by atoms with E-state index < -0.39 is 17.8 Å². The lowest BCUT2D eigenvalue weighted by Crippen LogP contribution is -2.52. The Morgan fingerprint density at radius 1 is 0.733 bits per heavy atom. The molecule has 0 atom stereocenters. The molecule has 1 saturated heterocycles. The topological polar surface area (TPSA) is 85.4 Å². The number of nitrogens with zero attached hydrogens (tertiary/aromatic N) is 2. The highest BCUT2D eigenvalue weighted by Crippen LogP contribution is 2.20. The maximum absolute atomic E-state index is 12.2. The van der Waals surface area contributed by atoms with Gasteiger partial charge in [-0.05, 0) is 48.0 Å². The van der Waals surface area contributed by atoms with Crippen molar-refractivity contribution in [1.82, 2.24) is 9.80 Å². The van der Waals surface area contributed by atoms with Crippen molar-refractivity contribution in [2.45, 2.75) is 0 Å². The number of barbiturate groups is 1. The average molecular weight is 410 g/mol. The van der Waals surface area contributed by atoms with Crippen molar-refractivity contribution in [2.75, 3.05) is 34.4 Å². The number of urea groups is 1. The first-order valence-electron chi connectivity index (χ1n) is 9.22. The van der Waals surface area contributed by atoms with Crippen LogP contribution >= 0.6 is 0 Å². The average Bonchev–Trinajstić information content (AvgIpc) is 2.78. The molecule has 1 aliphatic heterocycles. The van der Waals surface area contributed by atoms with Gasteiger partial charge in [0.25, 0.3) is 11.8 Å². The number of hydrogen-bond donors (Lipinski definition) is 0. The van der Waals surface area contributed by atoms with Crippen LogP contribution < -0.4 is 14.2 Å². The van der Waals surface area contributed by atoms with Crippen molar-refractivity contribution < 1.29 is 28.6 Å². The zero-order chi connectivity index (χ0) is 21.7. The Balaban J connectivity index is 1.55. The first kappa shape index (κ1) is 20.9. The van der Waals surface area contributed by atoms with Crippen LogP contribution in [0.5, 0.6) is 17.2 Å². The smallest absolute Gasteiger partial charge is 0.333 e. The highest BCUT2D eigenvalue weighted by Gasteiger charge is 2.37. The van der Waals surface area contributed by atoms with Gasteiger partial charge in [0.1, 0.15) is 36.0 Å². The Hall–Kier alpha value is -3.81. The second-order valence-corrected chi connectivity index (χ2v) is 6.51. The third-order valence-electron chi connectivity index (χ3n) is 4.52. The van der Waals surface area contributed by atoms with Gasteiger partial charge < -0.3 is 14.2 Å². The van der Waals surface area contributed by atoms with Crippen molar-refractivity contribution in [3.63, 3.8) is 0 Å². The molecule has 8 nitrogen and oxygen atoms in total. The van der Waals surface area contributed by atoms with E-state index in [9.17, 15) is 14.4 Å². The Labute approximate surface area is 174 Å². The summed E-state index contributed by atoms with van der Waals surface area (Å²) >= 11 is 0. The Morgan fingerprint density at radius 3 is 1.63 bits per heavy atom. The number of amides is 4. The lowest BCUT2D eigenvalue weighted by molar-refractivity contribution is -0.134. The first-order chi connectivity index (χ1) is 14.4. The molecule has 2 aromatic carbocycles. The van der Waals surface area contributed by atoms with Crippen LogP contribution in [0.4, 0.5) is 4.79 Å². The molecule has 0 aromatic heterocycles. The monoisotopic (exact) mass is 410 g/mol. The molecule has 1 heterocycles. The zero-order valence-electron chi connectivity index (χ0n) is 17.0. The van der Waals surface area contributed by atoms with Crippen molar-refractivity contribution in [3.05, 3.63) is 59.7 Å². The van der Waals surface area contributed by atoms with Crippen LogP contribution in [0.3, 0.4) is 0 Å². The van der Waals surface area contributed by atoms with E-state index in [-0.39, 0.29) is 5.57 Å². The molecular weight excluding hydrogens is 388 g/mol. The molecule has 0 unspecified atom stereocenters. The first-order valence-corrected chi connectivity index (χ1v) is 9.22. The predicted octanol–water partition coefficient (Wildman–Crippen LogP) is 2.59. The van der Waals surface area contributed by atoms with E-state index in [0.717, 1.165) is 21.3 Å².